The molecule has 6 heteroatoms. The van der Waals surface area contributed by atoms with Crippen LogP contribution >= 0.6 is 0 Å². The van der Waals surface area contributed by atoms with E-state index in [1.165, 1.54) is 12.3 Å². The predicted molar refractivity (Wildman–Crippen MR) is 76.8 cm³/mol. The van der Waals surface area contributed by atoms with E-state index in [2.05, 4.69) is 10.3 Å². The Balaban J connectivity index is 1.95. The van der Waals surface area contributed by atoms with Crippen LogP contribution in [-0.4, -0.2) is 40.7 Å². The zero-order chi connectivity index (χ0) is 15.2. The van der Waals surface area contributed by atoms with Gasteiger partial charge in [-0.05, 0) is 37.5 Å². The topological polar surface area (TPSA) is 88.5 Å². The molecule has 1 amide bonds. The number of amides is 1. The van der Waals surface area contributed by atoms with E-state index in [4.69, 9.17) is 9.84 Å². The summed E-state index contributed by atoms with van der Waals surface area (Å²) in [6.45, 7) is 2.64. The molecule has 1 aliphatic heterocycles. The van der Waals surface area contributed by atoms with Gasteiger partial charge in [0.05, 0.1) is 6.10 Å². The number of carboxylic acid groups (broad SMARTS) is 1. The van der Waals surface area contributed by atoms with Gasteiger partial charge < -0.3 is 15.2 Å². The maximum atomic E-state index is 12.1. The lowest BCUT2D eigenvalue weighted by Gasteiger charge is -2.27. The van der Waals surface area contributed by atoms with Crippen molar-refractivity contribution in [1.29, 1.82) is 0 Å². The molecule has 1 saturated heterocycles. The third-order valence-electron chi connectivity index (χ3n) is 3.26. The van der Waals surface area contributed by atoms with E-state index in [0.717, 1.165) is 18.9 Å². The van der Waals surface area contributed by atoms with Crippen LogP contribution in [0.25, 0.3) is 6.08 Å². The minimum absolute atomic E-state index is 0.106. The minimum atomic E-state index is -1.02. The number of pyridine rings is 1. The Morgan fingerprint density at radius 2 is 2.29 bits per heavy atom. The molecule has 2 unspecified atom stereocenters. The molecule has 0 aliphatic carbocycles. The maximum absolute atomic E-state index is 12.1. The van der Waals surface area contributed by atoms with E-state index in [9.17, 15) is 9.59 Å². The summed E-state index contributed by atoms with van der Waals surface area (Å²) < 4.78 is 5.43. The van der Waals surface area contributed by atoms with Crippen molar-refractivity contribution >= 4 is 18.0 Å². The van der Waals surface area contributed by atoms with Crippen molar-refractivity contribution in [3.05, 3.63) is 35.7 Å². The number of aliphatic carboxylic acids is 1. The summed E-state index contributed by atoms with van der Waals surface area (Å²) >= 11 is 0. The highest BCUT2D eigenvalue weighted by Gasteiger charge is 2.21. The average Bonchev–Trinajstić information content (AvgIpc) is 2.45. The second-order valence-electron chi connectivity index (χ2n) is 5.02. The largest absolute Gasteiger partial charge is 0.478 e. The molecule has 1 aromatic rings. The lowest BCUT2D eigenvalue weighted by molar-refractivity contribution is -0.131. The smallest absolute Gasteiger partial charge is 0.328 e. The van der Waals surface area contributed by atoms with Crippen LogP contribution in [0.15, 0.2) is 24.4 Å². The summed E-state index contributed by atoms with van der Waals surface area (Å²) in [6.07, 6.45) is 5.68. The standard InChI is InChI=1S/C15H18N2O4/c1-10-8-12(6-7-21-10)17-15(20)13-4-2-11(9-16-13)3-5-14(18)19/h2-5,9-10,12H,6-8H2,1H3,(H,17,20)(H,18,19)/b5-3+. The van der Waals surface area contributed by atoms with E-state index in [1.807, 2.05) is 6.92 Å². The third-order valence-corrected chi connectivity index (χ3v) is 3.26. The van der Waals surface area contributed by atoms with Gasteiger partial charge in [0.1, 0.15) is 5.69 Å². The molecule has 2 rings (SSSR count). The van der Waals surface area contributed by atoms with Gasteiger partial charge in [-0.1, -0.05) is 6.07 Å². The van der Waals surface area contributed by atoms with E-state index in [0.29, 0.717) is 17.9 Å². The third kappa shape index (κ3) is 4.68. The van der Waals surface area contributed by atoms with Crippen LogP contribution in [0, 0.1) is 0 Å². The van der Waals surface area contributed by atoms with Gasteiger partial charge in [0.25, 0.3) is 5.91 Å². The lowest BCUT2D eigenvalue weighted by Crippen LogP contribution is -2.41. The lowest BCUT2D eigenvalue weighted by atomic mass is 10.0. The molecule has 21 heavy (non-hydrogen) atoms. The molecule has 1 aliphatic rings. The molecule has 2 heterocycles. The average molecular weight is 290 g/mol. The first-order valence-electron chi connectivity index (χ1n) is 6.84. The van der Waals surface area contributed by atoms with Gasteiger partial charge in [0.2, 0.25) is 0 Å². The van der Waals surface area contributed by atoms with E-state index in [1.54, 1.807) is 12.1 Å². The molecule has 0 bridgehead atoms. The van der Waals surface area contributed by atoms with E-state index < -0.39 is 5.97 Å². The zero-order valence-electron chi connectivity index (χ0n) is 11.8. The number of carbonyl (C=O) groups is 2. The molecule has 6 nitrogen and oxygen atoms in total. The molecule has 2 atom stereocenters. The summed E-state index contributed by atoms with van der Waals surface area (Å²) in [5, 5.41) is 11.5. The molecule has 0 radical (unpaired) electrons. The van der Waals surface area contributed by atoms with Gasteiger partial charge in [-0.15, -0.1) is 0 Å². The second-order valence-corrected chi connectivity index (χ2v) is 5.02. The summed E-state index contributed by atoms with van der Waals surface area (Å²) in [5.74, 6) is -1.24. The van der Waals surface area contributed by atoms with E-state index >= 15 is 0 Å². The fourth-order valence-electron chi connectivity index (χ4n) is 2.19. The normalized spacial score (nSPS) is 22.1. The van der Waals surface area contributed by atoms with Crippen LogP contribution in [0.5, 0.6) is 0 Å². The number of rotatable bonds is 4. The zero-order valence-corrected chi connectivity index (χ0v) is 11.8. The van der Waals surface area contributed by atoms with Crippen LogP contribution in [0.4, 0.5) is 0 Å². The second kappa shape index (κ2) is 6.99. The highest BCUT2D eigenvalue weighted by molar-refractivity contribution is 5.92. The SMILES string of the molecule is CC1CC(NC(=O)c2ccc(/C=C/C(=O)O)cn2)CCO1. The van der Waals surface area contributed by atoms with Crippen LogP contribution in [0.3, 0.4) is 0 Å². The number of aromatic nitrogens is 1. The maximum Gasteiger partial charge on any atom is 0.328 e. The number of hydrogen-bond acceptors (Lipinski definition) is 4. The van der Waals surface area contributed by atoms with Crippen molar-refractivity contribution in [2.75, 3.05) is 6.61 Å². The number of nitrogens with one attached hydrogen (secondary N) is 1. The molecule has 0 spiro atoms. The number of carboxylic acids is 1. The van der Waals surface area contributed by atoms with Crippen molar-refractivity contribution in [3.8, 4) is 0 Å². The van der Waals surface area contributed by atoms with Gasteiger partial charge in [0, 0.05) is 24.9 Å². The molecule has 1 aromatic heterocycles. The van der Waals surface area contributed by atoms with Gasteiger partial charge >= 0.3 is 5.97 Å². The number of carbonyl (C=O) groups excluding carboxylic acids is 1. The summed E-state index contributed by atoms with van der Waals surface area (Å²) in [7, 11) is 0. The Morgan fingerprint density at radius 3 is 2.90 bits per heavy atom. The molecular formula is C15H18N2O4. The summed E-state index contributed by atoms with van der Waals surface area (Å²) in [4.78, 5) is 26.5. The molecule has 1 fully saturated rings. The number of nitrogens with zero attached hydrogens (tertiary/aromatic N) is 1. The van der Waals surface area contributed by atoms with Crippen molar-refractivity contribution < 1.29 is 19.4 Å². The fourth-order valence-corrected chi connectivity index (χ4v) is 2.19. The van der Waals surface area contributed by atoms with Crippen molar-refractivity contribution in [2.24, 2.45) is 0 Å². The first kappa shape index (κ1) is 15.2. The monoisotopic (exact) mass is 290 g/mol. The number of ether oxygens (including phenoxy) is 1. The highest BCUT2D eigenvalue weighted by Crippen LogP contribution is 2.13. The van der Waals surface area contributed by atoms with Crippen molar-refractivity contribution in [3.63, 3.8) is 0 Å². The van der Waals surface area contributed by atoms with Crippen LogP contribution in [0.1, 0.15) is 35.8 Å². The van der Waals surface area contributed by atoms with Crippen molar-refractivity contribution in [1.82, 2.24) is 10.3 Å². The van der Waals surface area contributed by atoms with Gasteiger partial charge in [-0.25, -0.2) is 4.79 Å². The van der Waals surface area contributed by atoms with Gasteiger partial charge in [-0.3, -0.25) is 9.78 Å². The Bertz CT molecular complexity index is 539. The molecule has 2 N–H and O–H groups in total. The van der Waals surface area contributed by atoms with Gasteiger partial charge in [0.15, 0.2) is 0 Å². The molecule has 0 saturated carbocycles. The minimum Gasteiger partial charge on any atom is -0.478 e. The van der Waals surface area contributed by atoms with Crippen LogP contribution < -0.4 is 5.32 Å². The Morgan fingerprint density at radius 1 is 1.48 bits per heavy atom. The highest BCUT2D eigenvalue weighted by atomic mass is 16.5. The van der Waals surface area contributed by atoms with E-state index in [-0.39, 0.29) is 18.1 Å². The van der Waals surface area contributed by atoms with Crippen LogP contribution in [0.2, 0.25) is 0 Å². The molecule has 112 valence electrons. The Kier molecular flexibility index (Phi) is 5.05. The van der Waals surface area contributed by atoms with Crippen LogP contribution in [-0.2, 0) is 9.53 Å². The predicted octanol–water partition coefficient (Wildman–Crippen LogP) is 1.48. The quantitative estimate of drug-likeness (QED) is 0.820. The van der Waals surface area contributed by atoms with Gasteiger partial charge in [-0.2, -0.15) is 0 Å². The molecule has 0 aromatic carbocycles. The molecular weight excluding hydrogens is 272 g/mol. The fraction of sp³-hybridized carbons (Fsp3) is 0.400. The first-order chi connectivity index (χ1) is 10.0. The number of hydrogen-bond donors (Lipinski definition) is 2. The first-order valence-corrected chi connectivity index (χ1v) is 6.84. The Hall–Kier alpha value is -2.21. The summed E-state index contributed by atoms with van der Waals surface area (Å²) in [5.41, 5.74) is 0.954. The summed E-state index contributed by atoms with van der Waals surface area (Å²) in [6, 6.07) is 3.35. The Labute approximate surface area is 122 Å². The van der Waals surface area contributed by atoms with Crippen molar-refractivity contribution in [2.45, 2.75) is 31.9 Å².